The number of hydrogen-bond acceptors (Lipinski definition) is 4. The number of nitrogens with zero attached hydrogens (tertiary/aromatic N) is 1. The maximum atomic E-state index is 9.58. The van der Waals surface area contributed by atoms with Gasteiger partial charge in [0.05, 0.1) is 24.3 Å². The molecule has 1 rings (SSSR count). The molecule has 1 aromatic rings. The van der Waals surface area contributed by atoms with Gasteiger partial charge in [0.15, 0.2) is 0 Å². The van der Waals surface area contributed by atoms with E-state index in [-0.39, 0.29) is 0 Å². The molecule has 0 spiro atoms. The van der Waals surface area contributed by atoms with E-state index < -0.39 is 5.60 Å². The molecular weight excluding hydrogens is 216 g/mol. The highest BCUT2D eigenvalue weighted by atomic mass is 16.5. The van der Waals surface area contributed by atoms with Gasteiger partial charge in [-0.2, -0.15) is 5.26 Å². The van der Waals surface area contributed by atoms with E-state index in [1.807, 2.05) is 0 Å². The van der Waals surface area contributed by atoms with Gasteiger partial charge in [0, 0.05) is 18.7 Å². The van der Waals surface area contributed by atoms with Crippen molar-refractivity contribution in [3.63, 3.8) is 0 Å². The molecule has 1 aromatic carbocycles. The third-order valence-electron chi connectivity index (χ3n) is 2.28. The molecule has 0 aliphatic rings. The molecule has 0 amide bonds. The first-order valence-electron chi connectivity index (χ1n) is 5.46. The Morgan fingerprint density at radius 2 is 2.18 bits per heavy atom. The molecule has 0 saturated heterocycles. The Bertz CT molecular complexity index is 416. The Kier molecular flexibility index (Phi) is 4.50. The number of aliphatic hydroxyl groups is 1. The zero-order valence-corrected chi connectivity index (χ0v) is 10.4. The van der Waals surface area contributed by atoms with Gasteiger partial charge in [0.2, 0.25) is 0 Å². The summed E-state index contributed by atoms with van der Waals surface area (Å²) in [5.74, 6) is 0.743. The number of rotatable bonds is 5. The van der Waals surface area contributed by atoms with Crippen molar-refractivity contribution < 1.29 is 9.84 Å². The van der Waals surface area contributed by atoms with Crippen LogP contribution in [0.15, 0.2) is 18.2 Å². The van der Waals surface area contributed by atoms with E-state index in [4.69, 9.17) is 10.00 Å². The number of ether oxygens (including phenoxy) is 1. The molecule has 0 aliphatic heterocycles. The largest absolute Gasteiger partial charge is 0.496 e. The Hall–Kier alpha value is -1.57. The molecule has 0 atom stereocenters. The van der Waals surface area contributed by atoms with E-state index in [0.717, 1.165) is 11.3 Å². The zero-order valence-electron chi connectivity index (χ0n) is 10.4. The summed E-state index contributed by atoms with van der Waals surface area (Å²) in [5, 5.41) is 21.5. The minimum atomic E-state index is -0.750. The number of benzene rings is 1. The normalized spacial score (nSPS) is 11.0. The van der Waals surface area contributed by atoms with Crippen molar-refractivity contribution in [3.8, 4) is 11.8 Å². The summed E-state index contributed by atoms with van der Waals surface area (Å²) in [6.45, 7) is 4.52. The quantitative estimate of drug-likeness (QED) is 0.808. The van der Waals surface area contributed by atoms with Crippen molar-refractivity contribution in [2.75, 3.05) is 13.7 Å². The fourth-order valence-corrected chi connectivity index (χ4v) is 1.49. The second kappa shape index (κ2) is 5.67. The van der Waals surface area contributed by atoms with Gasteiger partial charge in [-0.15, -0.1) is 0 Å². The molecule has 0 radical (unpaired) electrons. The lowest BCUT2D eigenvalue weighted by atomic mass is 10.1. The Morgan fingerprint density at radius 1 is 1.47 bits per heavy atom. The summed E-state index contributed by atoms with van der Waals surface area (Å²) in [5.41, 5.74) is 0.765. The highest BCUT2D eigenvalue weighted by Gasteiger charge is 2.12. The van der Waals surface area contributed by atoms with Crippen LogP contribution in [-0.2, 0) is 6.54 Å². The van der Waals surface area contributed by atoms with Crippen LogP contribution in [0.2, 0.25) is 0 Å². The van der Waals surface area contributed by atoms with Crippen LogP contribution in [0.3, 0.4) is 0 Å². The standard InChI is InChI=1S/C13H18N2O2/c1-13(2,16)9-15-8-11-6-10(7-14)4-5-12(11)17-3/h4-6,15-16H,8-9H2,1-3H3. The summed E-state index contributed by atoms with van der Waals surface area (Å²) in [7, 11) is 1.60. The van der Waals surface area contributed by atoms with Crippen molar-refractivity contribution in [1.82, 2.24) is 5.32 Å². The molecule has 0 aliphatic carbocycles. The average molecular weight is 234 g/mol. The summed E-state index contributed by atoms with van der Waals surface area (Å²) < 4.78 is 5.22. The van der Waals surface area contributed by atoms with Crippen LogP contribution < -0.4 is 10.1 Å². The maximum absolute atomic E-state index is 9.58. The number of methoxy groups -OCH3 is 1. The second-order valence-electron chi connectivity index (χ2n) is 4.55. The van der Waals surface area contributed by atoms with E-state index in [0.29, 0.717) is 18.7 Å². The first-order valence-corrected chi connectivity index (χ1v) is 5.46. The van der Waals surface area contributed by atoms with Crippen molar-refractivity contribution in [1.29, 1.82) is 5.26 Å². The Morgan fingerprint density at radius 3 is 2.71 bits per heavy atom. The lowest BCUT2D eigenvalue weighted by Gasteiger charge is -2.18. The van der Waals surface area contributed by atoms with Gasteiger partial charge in [-0.1, -0.05) is 0 Å². The van der Waals surface area contributed by atoms with Crippen LogP contribution in [0, 0.1) is 11.3 Å². The summed E-state index contributed by atoms with van der Waals surface area (Å²) in [6.07, 6.45) is 0. The van der Waals surface area contributed by atoms with Crippen LogP contribution in [0.5, 0.6) is 5.75 Å². The fraction of sp³-hybridized carbons (Fsp3) is 0.462. The molecule has 0 aromatic heterocycles. The minimum Gasteiger partial charge on any atom is -0.496 e. The molecule has 0 heterocycles. The van der Waals surface area contributed by atoms with Crippen LogP contribution in [-0.4, -0.2) is 24.4 Å². The second-order valence-corrected chi connectivity index (χ2v) is 4.55. The highest BCUT2D eigenvalue weighted by molar-refractivity contribution is 5.41. The molecule has 4 nitrogen and oxygen atoms in total. The average Bonchev–Trinajstić information content (AvgIpc) is 2.27. The van der Waals surface area contributed by atoms with Crippen LogP contribution in [0.1, 0.15) is 25.0 Å². The van der Waals surface area contributed by atoms with E-state index in [1.54, 1.807) is 39.2 Å². The smallest absolute Gasteiger partial charge is 0.123 e. The Labute approximate surface area is 102 Å². The lowest BCUT2D eigenvalue weighted by molar-refractivity contribution is 0.0794. The first-order chi connectivity index (χ1) is 7.96. The van der Waals surface area contributed by atoms with Crippen molar-refractivity contribution in [2.24, 2.45) is 0 Å². The van der Waals surface area contributed by atoms with Crippen molar-refractivity contribution >= 4 is 0 Å². The van der Waals surface area contributed by atoms with Gasteiger partial charge in [-0.05, 0) is 32.0 Å². The van der Waals surface area contributed by atoms with Gasteiger partial charge < -0.3 is 15.2 Å². The molecule has 0 saturated carbocycles. The number of nitriles is 1. The lowest BCUT2D eigenvalue weighted by Crippen LogP contribution is -2.34. The molecule has 4 heteroatoms. The van der Waals surface area contributed by atoms with Gasteiger partial charge >= 0.3 is 0 Å². The molecule has 0 unspecified atom stereocenters. The summed E-state index contributed by atoms with van der Waals surface area (Å²) >= 11 is 0. The summed E-state index contributed by atoms with van der Waals surface area (Å²) in [6, 6.07) is 7.38. The third kappa shape index (κ3) is 4.43. The van der Waals surface area contributed by atoms with Gasteiger partial charge in [0.25, 0.3) is 0 Å². The molecule has 17 heavy (non-hydrogen) atoms. The molecular formula is C13H18N2O2. The van der Waals surface area contributed by atoms with Gasteiger partial charge in [-0.25, -0.2) is 0 Å². The number of hydrogen-bond donors (Lipinski definition) is 2. The third-order valence-corrected chi connectivity index (χ3v) is 2.28. The highest BCUT2D eigenvalue weighted by Crippen LogP contribution is 2.19. The van der Waals surface area contributed by atoms with Crippen LogP contribution in [0.25, 0.3) is 0 Å². The molecule has 0 fully saturated rings. The first kappa shape index (κ1) is 13.5. The van der Waals surface area contributed by atoms with Crippen molar-refractivity contribution in [2.45, 2.75) is 26.0 Å². The van der Waals surface area contributed by atoms with Crippen molar-refractivity contribution in [3.05, 3.63) is 29.3 Å². The minimum absolute atomic E-state index is 0.479. The van der Waals surface area contributed by atoms with Crippen LogP contribution >= 0.6 is 0 Å². The zero-order chi connectivity index (χ0) is 12.9. The predicted molar refractivity (Wildman–Crippen MR) is 65.7 cm³/mol. The van der Waals surface area contributed by atoms with E-state index in [9.17, 15) is 5.11 Å². The van der Waals surface area contributed by atoms with E-state index >= 15 is 0 Å². The molecule has 92 valence electrons. The predicted octanol–water partition coefficient (Wildman–Crippen LogP) is 1.43. The Balaban J connectivity index is 2.72. The SMILES string of the molecule is COc1ccc(C#N)cc1CNCC(C)(C)O. The fourth-order valence-electron chi connectivity index (χ4n) is 1.49. The topological polar surface area (TPSA) is 65.3 Å². The molecule has 2 N–H and O–H groups in total. The molecule has 0 bridgehead atoms. The number of nitrogens with one attached hydrogen (secondary N) is 1. The van der Waals surface area contributed by atoms with Gasteiger partial charge in [0.1, 0.15) is 5.75 Å². The maximum Gasteiger partial charge on any atom is 0.123 e. The van der Waals surface area contributed by atoms with Crippen LogP contribution in [0.4, 0.5) is 0 Å². The van der Waals surface area contributed by atoms with Gasteiger partial charge in [-0.3, -0.25) is 0 Å². The monoisotopic (exact) mass is 234 g/mol. The van der Waals surface area contributed by atoms with E-state index in [1.165, 1.54) is 0 Å². The summed E-state index contributed by atoms with van der Waals surface area (Å²) in [4.78, 5) is 0. The van der Waals surface area contributed by atoms with E-state index in [2.05, 4.69) is 11.4 Å².